The zero-order chi connectivity index (χ0) is 14.7. The lowest BCUT2D eigenvalue weighted by molar-refractivity contribution is -0.134. The van der Waals surface area contributed by atoms with Crippen molar-refractivity contribution < 1.29 is 4.79 Å². The topological polar surface area (TPSA) is 46.3 Å². The van der Waals surface area contributed by atoms with E-state index >= 15 is 0 Å². The highest BCUT2D eigenvalue weighted by atomic mass is 16.2. The fourth-order valence-electron chi connectivity index (χ4n) is 3.04. The highest BCUT2D eigenvalue weighted by Gasteiger charge is 2.31. The predicted molar refractivity (Wildman–Crippen MR) is 80.8 cm³/mol. The van der Waals surface area contributed by atoms with Gasteiger partial charge in [-0.15, -0.1) is 0 Å². The Balaban J connectivity index is 2.39. The van der Waals surface area contributed by atoms with E-state index in [1.165, 1.54) is 0 Å². The predicted octanol–water partition coefficient (Wildman–Crippen LogP) is 3.04. The molecule has 19 heavy (non-hydrogen) atoms. The Morgan fingerprint density at radius 3 is 2.26 bits per heavy atom. The SMILES string of the molecule is CC(CC(=O)N1CCC(C)(CN)CC1)CC(C)(C)C. The van der Waals surface area contributed by atoms with Crippen molar-refractivity contribution in [3.63, 3.8) is 0 Å². The van der Waals surface area contributed by atoms with Crippen LogP contribution < -0.4 is 5.73 Å². The Hall–Kier alpha value is -0.570. The van der Waals surface area contributed by atoms with Gasteiger partial charge >= 0.3 is 0 Å². The van der Waals surface area contributed by atoms with Crippen LogP contribution in [0.15, 0.2) is 0 Å². The maximum atomic E-state index is 12.3. The molecular weight excluding hydrogens is 236 g/mol. The molecule has 3 nitrogen and oxygen atoms in total. The van der Waals surface area contributed by atoms with E-state index in [-0.39, 0.29) is 5.41 Å². The van der Waals surface area contributed by atoms with E-state index in [0.717, 1.165) is 38.9 Å². The first-order chi connectivity index (χ1) is 8.65. The van der Waals surface area contributed by atoms with Crippen LogP contribution in [0.25, 0.3) is 0 Å². The number of hydrogen-bond donors (Lipinski definition) is 1. The summed E-state index contributed by atoms with van der Waals surface area (Å²) in [7, 11) is 0. The minimum Gasteiger partial charge on any atom is -0.343 e. The molecule has 0 radical (unpaired) electrons. The van der Waals surface area contributed by atoms with Crippen LogP contribution >= 0.6 is 0 Å². The van der Waals surface area contributed by atoms with Gasteiger partial charge in [0.05, 0.1) is 0 Å². The highest BCUT2D eigenvalue weighted by molar-refractivity contribution is 5.76. The Morgan fingerprint density at radius 1 is 1.32 bits per heavy atom. The largest absolute Gasteiger partial charge is 0.343 e. The standard InChI is InChI=1S/C16H32N2O/c1-13(11-15(2,3)4)10-14(19)18-8-6-16(5,12-17)7-9-18/h13H,6-12,17H2,1-5H3. The fourth-order valence-corrected chi connectivity index (χ4v) is 3.04. The van der Waals surface area contributed by atoms with Gasteiger partial charge in [-0.25, -0.2) is 0 Å². The van der Waals surface area contributed by atoms with Gasteiger partial charge in [-0.3, -0.25) is 4.79 Å². The zero-order valence-electron chi connectivity index (χ0n) is 13.5. The fraction of sp³-hybridized carbons (Fsp3) is 0.938. The molecule has 1 aliphatic heterocycles. The summed E-state index contributed by atoms with van der Waals surface area (Å²) in [6.07, 6.45) is 3.88. The molecule has 1 aliphatic rings. The minimum atomic E-state index is 0.244. The quantitative estimate of drug-likeness (QED) is 0.852. The minimum absolute atomic E-state index is 0.244. The molecular formula is C16H32N2O. The number of carbonyl (C=O) groups excluding carboxylic acids is 1. The summed E-state index contributed by atoms with van der Waals surface area (Å²) in [6, 6.07) is 0. The second-order valence-electron chi connectivity index (χ2n) is 7.97. The number of likely N-dealkylation sites (tertiary alicyclic amines) is 1. The van der Waals surface area contributed by atoms with Crippen LogP contribution in [0.5, 0.6) is 0 Å². The van der Waals surface area contributed by atoms with E-state index in [0.29, 0.717) is 23.7 Å². The van der Waals surface area contributed by atoms with Gasteiger partial charge < -0.3 is 10.6 Å². The van der Waals surface area contributed by atoms with Gasteiger partial charge in [0.1, 0.15) is 0 Å². The molecule has 0 aromatic heterocycles. The maximum Gasteiger partial charge on any atom is 0.222 e. The molecule has 0 saturated carbocycles. The lowest BCUT2D eigenvalue weighted by atomic mass is 9.80. The highest BCUT2D eigenvalue weighted by Crippen LogP contribution is 2.31. The Bertz CT molecular complexity index is 298. The number of piperidine rings is 1. The first-order valence-electron chi connectivity index (χ1n) is 7.63. The lowest BCUT2D eigenvalue weighted by Gasteiger charge is -2.39. The average molecular weight is 268 g/mol. The molecule has 0 aromatic carbocycles. The third-order valence-electron chi connectivity index (χ3n) is 4.30. The molecule has 1 fully saturated rings. The summed E-state index contributed by atoms with van der Waals surface area (Å²) in [6.45, 7) is 13.6. The van der Waals surface area contributed by atoms with Crippen LogP contribution in [-0.2, 0) is 4.79 Å². The van der Waals surface area contributed by atoms with Crippen molar-refractivity contribution in [2.45, 2.75) is 60.3 Å². The molecule has 1 heterocycles. The summed E-state index contributed by atoms with van der Waals surface area (Å²) in [5, 5.41) is 0. The van der Waals surface area contributed by atoms with Crippen molar-refractivity contribution in [3.05, 3.63) is 0 Å². The Kier molecular flexibility index (Phi) is 5.43. The van der Waals surface area contributed by atoms with Crippen LogP contribution in [-0.4, -0.2) is 30.4 Å². The summed E-state index contributed by atoms with van der Waals surface area (Å²) in [5.41, 5.74) is 6.35. The van der Waals surface area contributed by atoms with Gasteiger partial charge in [0.15, 0.2) is 0 Å². The second kappa shape index (κ2) is 6.25. The van der Waals surface area contributed by atoms with E-state index in [1.807, 2.05) is 4.90 Å². The van der Waals surface area contributed by atoms with Gasteiger partial charge in [-0.2, -0.15) is 0 Å². The summed E-state index contributed by atoms with van der Waals surface area (Å²) >= 11 is 0. The van der Waals surface area contributed by atoms with Crippen LogP contribution in [0.2, 0.25) is 0 Å². The first-order valence-corrected chi connectivity index (χ1v) is 7.63. The van der Waals surface area contributed by atoms with Gasteiger partial charge in [0.2, 0.25) is 5.91 Å². The summed E-state index contributed by atoms with van der Waals surface area (Å²) < 4.78 is 0. The summed E-state index contributed by atoms with van der Waals surface area (Å²) in [4.78, 5) is 14.3. The second-order valence-corrected chi connectivity index (χ2v) is 7.97. The maximum absolute atomic E-state index is 12.3. The Labute approximate surface area is 118 Å². The molecule has 1 saturated heterocycles. The molecule has 3 heteroatoms. The number of nitrogens with two attached hydrogens (primary N) is 1. The van der Waals surface area contributed by atoms with E-state index in [4.69, 9.17) is 5.73 Å². The average Bonchev–Trinajstić information content (AvgIpc) is 2.27. The van der Waals surface area contributed by atoms with Crippen molar-refractivity contribution in [1.82, 2.24) is 4.90 Å². The molecule has 1 amide bonds. The molecule has 1 rings (SSSR count). The number of hydrogen-bond acceptors (Lipinski definition) is 2. The first kappa shape index (κ1) is 16.5. The van der Waals surface area contributed by atoms with Crippen molar-refractivity contribution in [2.75, 3.05) is 19.6 Å². The van der Waals surface area contributed by atoms with Crippen LogP contribution in [0.4, 0.5) is 0 Å². The van der Waals surface area contributed by atoms with Gasteiger partial charge in [-0.1, -0.05) is 34.6 Å². The van der Waals surface area contributed by atoms with Crippen molar-refractivity contribution in [1.29, 1.82) is 0 Å². The molecule has 1 atom stereocenters. The lowest BCUT2D eigenvalue weighted by Crippen LogP contribution is -2.45. The van der Waals surface area contributed by atoms with E-state index in [2.05, 4.69) is 34.6 Å². The van der Waals surface area contributed by atoms with Crippen molar-refractivity contribution in [2.24, 2.45) is 22.5 Å². The molecule has 0 spiro atoms. The zero-order valence-corrected chi connectivity index (χ0v) is 13.5. The third-order valence-corrected chi connectivity index (χ3v) is 4.30. The van der Waals surface area contributed by atoms with E-state index in [9.17, 15) is 4.79 Å². The van der Waals surface area contributed by atoms with Gasteiger partial charge in [0, 0.05) is 19.5 Å². The molecule has 112 valence electrons. The molecule has 0 bridgehead atoms. The van der Waals surface area contributed by atoms with Crippen LogP contribution in [0, 0.1) is 16.7 Å². The number of nitrogens with zero attached hydrogens (tertiary/aromatic N) is 1. The number of amides is 1. The third kappa shape index (κ3) is 5.52. The number of carbonyl (C=O) groups is 1. The molecule has 0 aromatic rings. The normalized spacial score (nSPS) is 21.3. The van der Waals surface area contributed by atoms with Crippen molar-refractivity contribution >= 4 is 5.91 Å². The Morgan fingerprint density at radius 2 is 1.84 bits per heavy atom. The van der Waals surface area contributed by atoms with E-state index < -0.39 is 0 Å². The summed E-state index contributed by atoms with van der Waals surface area (Å²) in [5.74, 6) is 0.797. The van der Waals surface area contributed by atoms with Gasteiger partial charge in [0.25, 0.3) is 0 Å². The smallest absolute Gasteiger partial charge is 0.222 e. The molecule has 0 aliphatic carbocycles. The van der Waals surface area contributed by atoms with Crippen LogP contribution in [0.3, 0.4) is 0 Å². The number of rotatable bonds is 4. The monoisotopic (exact) mass is 268 g/mol. The van der Waals surface area contributed by atoms with Crippen molar-refractivity contribution in [3.8, 4) is 0 Å². The molecule has 1 unspecified atom stereocenters. The van der Waals surface area contributed by atoms with Crippen LogP contribution in [0.1, 0.15) is 60.3 Å². The van der Waals surface area contributed by atoms with E-state index in [1.54, 1.807) is 0 Å². The van der Waals surface area contributed by atoms with Gasteiger partial charge in [-0.05, 0) is 42.6 Å². The molecule has 2 N–H and O–H groups in total.